The summed E-state index contributed by atoms with van der Waals surface area (Å²) in [7, 11) is 0. The Morgan fingerprint density at radius 2 is 1.65 bits per heavy atom. The van der Waals surface area contributed by atoms with E-state index < -0.39 is 0 Å². The molecular formula is C17H19NOS. The number of rotatable bonds is 3. The molecule has 0 saturated carbocycles. The minimum absolute atomic E-state index is 0.00464. The van der Waals surface area contributed by atoms with E-state index in [2.05, 4.69) is 17.9 Å². The van der Waals surface area contributed by atoms with Crippen LogP contribution in [0.3, 0.4) is 0 Å². The van der Waals surface area contributed by atoms with Crippen LogP contribution in [0.15, 0.2) is 41.3 Å². The van der Waals surface area contributed by atoms with E-state index in [1.54, 1.807) is 0 Å². The van der Waals surface area contributed by atoms with Gasteiger partial charge in [-0.25, -0.2) is 0 Å². The molecule has 3 heteroatoms. The molecule has 0 spiro atoms. The van der Waals surface area contributed by atoms with Gasteiger partial charge in [-0.3, -0.25) is 4.79 Å². The van der Waals surface area contributed by atoms with Crippen LogP contribution in [0.5, 0.6) is 0 Å². The fraction of sp³-hybridized carbons (Fsp3) is 0.235. The summed E-state index contributed by atoms with van der Waals surface area (Å²) < 4.78 is 0. The van der Waals surface area contributed by atoms with Crippen LogP contribution in [0, 0.1) is 20.8 Å². The SMILES string of the molecule is Cc1ccccc1CC(=O)Nc1cc(C)c(S)c(C)c1. The predicted molar refractivity (Wildman–Crippen MR) is 86.7 cm³/mol. The van der Waals surface area contributed by atoms with Gasteiger partial charge in [0.05, 0.1) is 6.42 Å². The Balaban J connectivity index is 2.11. The molecule has 2 rings (SSSR count). The summed E-state index contributed by atoms with van der Waals surface area (Å²) in [6, 6.07) is 11.8. The molecule has 0 radical (unpaired) electrons. The number of hydrogen-bond acceptors (Lipinski definition) is 2. The summed E-state index contributed by atoms with van der Waals surface area (Å²) in [5.41, 5.74) is 5.17. The third kappa shape index (κ3) is 3.42. The van der Waals surface area contributed by atoms with E-state index in [0.717, 1.165) is 32.8 Å². The van der Waals surface area contributed by atoms with Gasteiger partial charge in [0.25, 0.3) is 0 Å². The molecule has 20 heavy (non-hydrogen) atoms. The average molecular weight is 285 g/mol. The zero-order valence-electron chi connectivity index (χ0n) is 12.0. The van der Waals surface area contributed by atoms with Gasteiger partial charge in [0.1, 0.15) is 0 Å². The van der Waals surface area contributed by atoms with E-state index >= 15 is 0 Å². The summed E-state index contributed by atoms with van der Waals surface area (Å²) in [4.78, 5) is 13.1. The molecule has 2 nitrogen and oxygen atoms in total. The van der Waals surface area contributed by atoms with Gasteiger partial charge < -0.3 is 5.32 Å². The fourth-order valence-corrected chi connectivity index (χ4v) is 2.34. The lowest BCUT2D eigenvalue weighted by Crippen LogP contribution is -2.15. The van der Waals surface area contributed by atoms with Crippen LogP contribution in [0.4, 0.5) is 5.69 Å². The highest BCUT2D eigenvalue weighted by molar-refractivity contribution is 7.80. The van der Waals surface area contributed by atoms with Crippen molar-refractivity contribution in [3.05, 3.63) is 58.7 Å². The Labute approximate surface area is 125 Å². The Kier molecular flexibility index (Phi) is 4.50. The maximum absolute atomic E-state index is 12.1. The van der Waals surface area contributed by atoms with Crippen LogP contribution in [-0.4, -0.2) is 5.91 Å². The molecule has 1 N–H and O–H groups in total. The molecule has 0 heterocycles. The van der Waals surface area contributed by atoms with Crippen LogP contribution in [0.25, 0.3) is 0 Å². The molecule has 104 valence electrons. The summed E-state index contributed by atoms with van der Waals surface area (Å²) in [6.45, 7) is 6.01. The smallest absolute Gasteiger partial charge is 0.228 e. The number of carbonyl (C=O) groups excluding carboxylic acids is 1. The van der Waals surface area contributed by atoms with Crippen molar-refractivity contribution >= 4 is 24.2 Å². The number of thiol groups is 1. The Hall–Kier alpha value is -1.74. The number of anilines is 1. The van der Waals surface area contributed by atoms with Crippen molar-refractivity contribution in [1.82, 2.24) is 0 Å². The van der Waals surface area contributed by atoms with Gasteiger partial charge in [-0.2, -0.15) is 0 Å². The molecule has 0 atom stereocenters. The van der Waals surface area contributed by atoms with Gasteiger partial charge in [-0.05, 0) is 55.2 Å². The van der Waals surface area contributed by atoms with Crippen LogP contribution in [0.1, 0.15) is 22.3 Å². The summed E-state index contributed by atoms with van der Waals surface area (Å²) in [6.07, 6.45) is 0.396. The molecule has 0 unspecified atom stereocenters. The van der Waals surface area contributed by atoms with E-state index in [-0.39, 0.29) is 5.91 Å². The summed E-state index contributed by atoms with van der Waals surface area (Å²) in [5.74, 6) is 0.00464. The minimum Gasteiger partial charge on any atom is -0.326 e. The van der Waals surface area contributed by atoms with Crippen molar-refractivity contribution in [3.8, 4) is 0 Å². The van der Waals surface area contributed by atoms with Crippen LogP contribution >= 0.6 is 12.6 Å². The fourth-order valence-electron chi connectivity index (χ4n) is 2.21. The molecule has 1 amide bonds. The van der Waals surface area contributed by atoms with Gasteiger partial charge in [-0.15, -0.1) is 12.6 Å². The first-order chi connectivity index (χ1) is 9.47. The summed E-state index contributed by atoms with van der Waals surface area (Å²) in [5, 5.41) is 2.95. The lowest BCUT2D eigenvalue weighted by molar-refractivity contribution is -0.115. The van der Waals surface area contributed by atoms with Crippen LogP contribution < -0.4 is 5.32 Å². The normalized spacial score (nSPS) is 10.4. The highest BCUT2D eigenvalue weighted by atomic mass is 32.1. The number of aryl methyl sites for hydroxylation is 3. The minimum atomic E-state index is 0.00464. The first-order valence-corrected chi connectivity index (χ1v) is 7.06. The maximum atomic E-state index is 12.1. The zero-order chi connectivity index (χ0) is 14.7. The van der Waals surface area contributed by atoms with Crippen molar-refractivity contribution in [1.29, 1.82) is 0 Å². The molecule has 0 aliphatic rings. The molecule has 0 aromatic heterocycles. The standard InChI is InChI=1S/C17H19NOS/c1-11-6-4-5-7-14(11)10-16(19)18-15-8-12(2)17(20)13(3)9-15/h4-9,20H,10H2,1-3H3,(H,18,19). The molecule has 0 saturated heterocycles. The molecule has 0 fully saturated rings. The van der Waals surface area contributed by atoms with Crippen molar-refractivity contribution in [3.63, 3.8) is 0 Å². The first-order valence-electron chi connectivity index (χ1n) is 6.62. The largest absolute Gasteiger partial charge is 0.326 e. The van der Waals surface area contributed by atoms with E-state index in [1.807, 2.05) is 57.2 Å². The van der Waals surface area contributed by atoms with Gasteiger partial charge in [-0.1, -0.05) is 24.3 Å². The molecule has 2 aromatic carbocycles. The number of nitrogens with one attached hydrogen (secondary N) is 1. The van der Waals surface area contributed by atoms with E-state index in [1.165, 1.54) is 0 Å². The quantitative estimate of drug-likeness (QED) is 0.817. The first kappa shape index (κ1) is 14.7. The highest BCUT2D eigenvalue weighted by Crippen LogP contribution is 2.23. The molecule has 2 aromatic rings. The highest BCUT2D eigenvalue weighted by Gasteiger charge is 2.08. The molecule has 0 aliphatic carbocycles. The molecular weight excluding hydrogens is 266 g/mol. The number of carbonyl (C=O) groups is 1. The second-order valence-corrected chi connectivity index (χ2v) is 5.56. The third-order valence-electron chi connectivity index (χ3n) is 3.39. The average Bonchev–Trinajstić information content (AvgIpc) is 2.38. The van der Waals surface area contributed by atoms with Gasteiger partial charge >= 0.3 is 0 Å². The monoisotopic (exact) mass is 285 g/mol. The Bertz CT molecular complexity index is 626. The molecule has 0 bridgehead atoms. The van der Waals surface area contributed by atoms with Crippen molar-refractivity contribution in [2.45, 2.75) is 32.1 Å². The van der Waals surface area contributed by atoms with Crippen molar-refractivity contribution < 1.29 is 4.79 Å². The maximum Gasteiger partial charge on any atom is 0.228 e. The second kappa shape index (κ2) is 6.14. The van der Waals surface area contributed by atoms with E-state index in [4.69, 9.17) is 0 Å². The Morgan fingerprint density at radius 3 is 2.25 bits per heavy atom. The van der Waals surface area contributed by atoms with Crippen molar-refractivity contribution in [2.75, 3.05) is 5.32 Å². The van der Waals surface area contributed by atoms with Crippen LogP contribution in [-0.2, 0) is 11.2 Å². The Morgan fingerprint density at radius 1 is 1.05 bits per heavy atom. The number of benzene rings is 2. The second-order valence-electron chi connectivity index (χ2n) is 5.11. The van der Waals surface area contributed by atoms with Gasteiger partial charge in [0.2, 0.25) is 5.91 Å². The zero-order valence-corrected chi connectivity index (χ0v) is 12.9. The van der Waals surface area contributed by atoms with Crippen LogP contribution in [0.2, 0.25) is 0 Å². The third-order valence-corrected chi connectivity index (χ3v) is 4.09. The van der Waals surface area contributed by atoms with Crippen molar-refractivity contribution in [2.24, 2.45) is 0 Å². The number of hydrogen-bond donors (Lipinski definition) is 2. The number of amides is 1. The van der Waals surface area contributed by atoms with Gasteiger partial charge in [0, 0.05) is 10.6 Å². The predicted octanol–water partition coefficient (Wildman–Crippen LogP) is 4.08. The topological polar surface area (TPSA) is 29.1 Å². The van der Waals surface area contributed by atoms with E-state index in [0.29, 0.717) is 6.42 Å². The lowest BCUT2D eigenvalue weighted by atomic mass is 10.1. The lowest BCUT2D eigenvalue weighted by Gasteiger charge is -2.11. The molecule has 0 aliphatic heterocycles. The van der Waals surface area contributed by atoms with E-state index in [9.17, 15) is 4.79 Å². The van der Waals surface area contributed by atoms with Gasteiger partial charge in [0.15, 0.2) is 0 Å². The summed E-state index contributed by atoms with van der Waals surface area (Å²) >= 11 is 4.43.